The lowest BCUT2D eigenvalue weighted by atomic mass is 9.72. The first-order chi connectivity index (χ1) is 18.1. The van der Waals surface area contributed by atoms with Crippen molar-refractivity contribution < 1.29 is 9.53 Å². The van der Waals surface area contributed by atoms with Crippen LogP contribution in [0.1, 0.15) is 56.3 Å². The molecule has 0 unspecified atom stereocenters. The Morgan fingerprint density at radius 2 is 1.81 bits per heavy atom. The Morgan fingerprint density at radius 3 is 2.51 bits per heavy atom. The highest BCUT2D eigenvalue weighted by Gasteiger charge is 2.35. The maximum atomic E-state index is 12.7. The topological polar surface area (TPSA) is 57.7 Å². The van der Waals surface area contributed by atoms with E-state index in [1.54, 1.807) is 11.3 Å². The SMILES string of the molecule is CCN(CC)C(=O)c1ccc(-c2cc(NCCCN3CCC4(CCOCC4)CC3)c3sccc3n2)cc1. The highest BCUT2D eigenvalue weighted by molar-refractivity contribution is 7.17. The van der Waals surface area contributed by atoms with E-state index in [2.05, 4.69) is 27.7 Å². The number of nitrogens with zero attached hydrogens (tertiary/aromatic N) is 3. The van der Waals surface area contributed by atoms with Gasteiger partial charge >= 0.3 is 0 Å². The van der Waals surface area contributed by atoms with Crippen molar-refractivity contribution in [3.8, 4) is 11.3 Å². The molecule has 0 bridgehead atoms. The highest BCUT2D eigenvalue weighted by Crippen LogP contribution is 2.40. The maximum Gasteiger partial charge on any atom is 0.253 e. The summed E-state index contributed by atoms with van der Waals surface area (Å²) >= 11 is 1.74. The second kappa shape index (κ2) is 11.9. The molecule has 37 heavy (non-hydrogen) atoms. The van der Waals surface area contributed by atoms with Crippen LogP contribution in [0.3, 0.4) is 0 Å². The van der Waals surface area contributed by atoms with E-state index >= 15 is 0 Å². The normalized spacial score (nSPS) is 17.8. The minimum Gasteiger partial charge on any atom is -0.384 e. The average Bonchev–Trinajstić information content (AvgIpc) is 3.42. The van der Waals surface area contributed by atoms with Crippen molar-refractivity contribution in [2.24, 2.45) is 5.41 Å². The van der Waals surface area contributed by atoms with Gasteiger partial charge in [0.15, 0.2) is 0 Å². The number of hydrogen-bond acceptors (Lipinski definition) is 6. The van der Waals surface area contributed by atoms with E-state index in [1.165, 1.54) is 43.5 Å². The predicted molar refractivity (Wildman–Crippen MR) is 154 cm³/mol. The van der Waals surface area contributed by atoms with Crippen LogP contribution >= 0.6 is 11.3 Å². The summed E-state index contributed by atoms with van der Waals surface area (Å²) in [4.78, 5) is 22.1. The van der Waals surface area contributed by atoms with E-state index in [-0.39, 0.29) is 5.91 Å². The van der Waals surface area contributed by atoms with E-state index < -0.39 is 0 Å². The first-order valence-corrected chi connectivity index (χ1v) is 14.8. The van der Waals surface area contributed by atoms with Gasteiger partial charge in [0.1, 0.15) is 0 Å². The van der Waals surface area contributed by atoms with Gasteiger partial charge in [0.05, 0.1) is 21.6 Å². The molecule has 2 saturated heterocycles. The minimum absolute atomic E-state index is 0.0804. The molecule has 0 aliphatic carbocycles. The van der Waals surface area contributed by atoms with Crippen molar-refractivity contribution in [1.29, 1.82) is 0 Å². The Hall–Kier alpha value is -2.48. The van der Waals surface area contributed by atoms with Crippen molar-refractivity contribution >= 4 is 33.1 Å². The molecule has 1 amide bonds. The Bertz CT molecular complexity index is 1170. The van der Waals surface area contributed by atoms with Crippen LogP contribution in [0.5, 0.6) is 0 Å². The molecule has 6 nitrogen and oxygen atoms in total. The highest BCUT2D eigenvalue weighted by atomic mass is 32.1. The summed E-state index contributed by atoms with van der Waals surface area (Å²) in [5, 5.41) is 5.82. The molecule has 198 valence electrons. The molecular weight excluding hydrogens is 480 g/mol. The first-order valence-electron chi connectivity index (χ1n) is 13.9. The Labute approximate surface area is 225 Å². The van der Waals surface area contributed by atoms with Gasteiger partial charge in [-0.15, -0.1) is 11.3 Å². The Morgan fingerprint density at radius 1 is 1.08 bits per heavy atom. The molecule has 2 aromatic heterocycles. The van der Waals surface area contributed by atoms with E-state index in [9.17, 15) is 4.79 Å². The van der Waals surface area contributed by atoms with Gasteiger partial charge in [-0.1, -0.05) is 12.1 Å². The van der Waals surface area contributed by atoms with Gasteiger partial charge in [0.2, 0.25) is 0 Å². The van der Waals surface area contributed by atoms with Crippen molar-refractivity contribution in [1.82, 2.24) is 14.8 Å². The second-order valence-electron chi connectivity index (χ2n) is 10.5. The summed E-state index contributed by atoms with van der Waals surface area (Å²) in [5.41, 5.74) is 5.42. The molecule has 0 radical (unpaired) electrons. The number of carbonyl (C=O) groups excluding carboxylic acids is 1. The number of piperidine rings is 1. The molecule has 4 heterocycles. The number of ether oxygens (including phenoxy) is 1. The molecule has 5 rings (SSSR count). The van der Waals surface area contributed by atoms with Crippen LogP contribution in [0.4, 0.5) is 5.69 Å². The number of thiophene rings is 1. The lowest BCUT2D eigenvalue weighted by molar-refractivity contribution is -0.0204. The van der Waals surface area contributed by atoms with Crippen LogP contribution in [0.15, 0.2) is 41.8 Å². The molecule has 1 spiro atoms. The van der Waals surface area contributed by atoms with Crippen LogP contribution in [0, 0.1) is 5.41 Å². The number of nitrogens with one attached hydrogen (secondary N) is 1. The predicted octanol–water partition coefficient (Wildman–Crippen LogP) is 6.14. The molecule has 2 aliphatic heterocycles. The van der Waals surface area contributed by atoms with Crippen LogP contribution in [-0.4, -0.2) is 73.2 Å². The second-order valence-corrected chi connectivity index (χ2v) is 11.4. The average molecular weight is 521 g/mol. The van der Waals surface area contributed by atoms with E-state index in [0.717, 1.165) is 73.8 Å². The summed E-state index contributed by atoms with van der Waals surface area (Å²) in [6, 6.07) is 12.1. The number of likely N-dealkylation sites (tertiary alicyclic amines) is 1. The van der Waals surface area contributed by atoms with Gasteiger partial charge < -0.3 is 19.9 Å². The summed E-state index contributed by atoms with van der Waals surface area (Å²) < 4.78 is 6.80. The third kappa shape index (κ3) is 6.00. The van der Waals surface area contributed by atoms with Gasteiger partial charge in [-0.05, 0) is 101 Å². The molecule has 0 saturated carbocycles. The first kappa shape index (κ1) is 26.1. The van der Waals surface area contributed by atoms with Crippen LogP contribution in [-0.2, 0) is 4.74 Å². The number of fused-ring (bicyclic) bond motifs is 1. The Kier molecular flexibility index (Phi) is 8.43. The summed E-state index contributed by atoms with van der Waals surface area (Å²) in [7, 11) is 0. The van der Waals surface area contributed by atoms with Gasteiger partial charge in [-0.2, -0.15) is 0 Å². The lowest BCUT2D eigenvalue weighted by Gasteiger charge is -2.44. The van der Waals surface area contributed by atoms with Crippen molar-refractivity contribution in [2.45, 2.75) is 46.0 Å². The van der Waals surface area contributed by atoms with Gasteiger partial charge in [-0.3, -0.25) is 4.79 Å². The van der Waals surface area contributed by atoms with Crippen LogP contribution < -0.4 is 5.32 Å². The quantitative estimate of drug-likeness (QED) is 0.344. The molecule has 3 aromatic rings. The Balaban J connectivity index is 1.19. The molecule has 1 N–H and O–H groups in total. The number of amides is 1. The third-order valence-electron chi connectivity index (χ3n) is 8.33. The molecule has 0 atom stereocenters. The van der Waals surface area contributed by atoms with Crippen molar-refractivity contribution in [3.05, 3.63) is 47.3 Å². The molecule has 2 fully saturated rings. The van der Waals surface area contributed by atoms with E-state index in [4.69, 9.17) is 9.72 Å². The number of hydrogen-bond donors (Lipinski definition) is 1. The van der Waals surface area contributed by atoms with Gasteiger partial charge in [0.25, 0.3) is 5.91 Å². The number of benzene rings is 1. The van der Waals surface area contributed by atoms with Crippen molar-refractivity contribution in [3.63, 3.8) is 0 Å². The smallest absolute Gasteiger partial charge is 0.253 e. The zero-order chi connectivity index (χ0) is 25.7. The molecular formula is C30H40N4O2S. The monoisotopic (exact) mass is 520 g/mol. The minimum atomic E-state index is 0.0804. The number of pyridine rings is 1. The molecule has 1 aromatic carbocycles. The largest absolute Gasteiger partial charge is 0.384 e. The summed E-state index contributed by atoms with van der Waals surface area (Å²) in [6.07, 6.45) is 6.28. The van der Waals surface area contributed by atoms with E-state index in [1.807, 2.05) is 43.0 Å². The number of rotatable bonds is 9. The zero-order valence-electron chi connectivity index (χ0n) is 22.3. The fourth-order valence-electron chi connectivity index (χ4n) is 5.79. The standard InChI is InChI=1S/C30H40N4O2S/c1-3-34(4-2)29(35)24-8-6-23(7-9-24)26-22-27(28-25(32-26)10-21-37-28)31-15-5-16-33-17-11-30(12-18-33)13-19-36-20-14-30/h6-10,21-22H,3-5,11-20H2,1-2H3,(H,31,32). The fourth-order valence-corrected chi connectivity index (χ4v) is 6.62. The lowest BCUT2D eigenvalue weighted by Crippen LogP contribution is -2.43. The van der Waals surface area contributed by atoms with E-state index in [0.29, 0.717) is 5.41 Å². The summed E-state index contributed by atoms with van der Waals surface area (Å²) in [5.74, 6) is 0.0804. The third-order valence-corrected chi connectivity index (χ3v) is 9.26. The zero-order valence-corrected chi connectivity index (χ0v) is 23.1. The molecule has 2 aliphatic rings. The van der Waals surface area contributed by atoms with Crippen LogP contribution in [0.2, 0.25) is 0 Å². The van der Waals surface area contributed by atoms with Crippen LogP contribution in [0.25, 0.3) is 21.5 Å². The number of aromatic nitrogens is 1. The number of anilines is 1. The fraction of sp³-hybridized carbons (Fsp3) is 0.533. The molecule has 7 heteroatoms. The number of carbonyl (C=O) groups is 1. The van der Waals surface area contributed by atoms with Gasteiger partial charge in [-0.25, -0.2) is 4.98 Å². The van der Waals surface area contributed by atoms with Crippen molar-refractivity contribution in [2.75, 3.05) is 57.8 Å². The summed E-state index contributed by atoms with van der Waals surface area (Å²) in [6.45, 7) is 11.9. The van der Waals surface area contributed by atoms with Gasteiger partial charge in [0, 0.05) is 44.0 Å². The maximum absolute atomic E-state index is 12.7.